The average Bonchev–Trinajstić information content (AvgIpc) is 2.74. The number of aliphatic hydroxyl groups is 1. The Labute approximate surface area is 98.2 Å². The van der Waals surface area contributed by atoms with Gasteiger partial charge in [0, 0.05) is 26.2 Å². The molecule has 0 aromatic carbocycles. The monoisotopic (exact) mass is 250 g/mol. The smallest absolute Gasteiger partial charge is 0.282 e. The zero-order valence-corrected chi connectivity index (χ0v) is 10.9. The fraction of sp³-hybridized carbons (Fsp3) is 1.00. The van der Waals surface area contributed by atoms with Crippen molar-refractivity contribution >= 4 is 10.2 Å². The maximum Gasteiger partial charge on any atom is 0.282 e. The van der Waals surface area contributed by atoms with Gasteiger partial charge in [-0.3, -0.25) is 0 Å². The standard InChI is InChI=1S/C10H22N2O3S/c1-3-4-7-11(2)16(14,15)12-8-5-6-10(12)9-13/h10,13H,3-9H2,1-2H3. The third-order valence-electron chi connectivity index (χ3n) is 3.05. The zero-order chi connectivity index (χ0) is 12.2. The van der Waals surface area contributed by atoms with Crippen LogP contribution in [0.4, 0.5) is 0 Å². The molecule has 1 heterocycles. The number of hydrogen-bond donors (Lipinski definition) is 1. The van der Waals surface area contributed by atoms with E-state index in [0.717, 1.165) is 25.7 Å². The van der Waals surface area contributed by atoms with E-state index in [9.17, 15) is 8.42 Å². The fourth-order valence-electron chi connectivity index (χ4n) is 1.97. The van der Waals surface area contributed by atoms with Crippen LogP contribution in [-0.2, 0) is 10.2 Å². The second-order valence-corrected chi connectivity index (χ2v) is 6.26. The van der Waals surface area contributed by atoms with Crippen molar-refractivity contribution in [2.24, 2.45) is 0 Å². The predicted octanol–water partition coefficient (Wildman–Crippen LogP) is 0.420. The number of nitrogens with zero attached hydrogens (tertiary/aromatic N) is 2. The van der Waals surface area contributed by atoms with E-state index in [-0.39, 0.29) is 12.6 Å². The summed E-state index contributed by atoms with van der Waals surface area (Å²) < 4.78 is 27.1. The van der Waals surface area contributed by atoms with Gasteiger partial charge in [-0.15, -0.1) is 0 Å². The Balaban J connectivity index is 2.68. The van der Waals surface area contributed by atoms with Crippen LogP contribution in [0.15, 0.2) is 0 Å². The SMILES string of the molecule is CCCCN(C)S(=O)(=O)N1CCCC1CO. The van der Waals surface area contributed by atoms with Crippen LogP contribution in [0, 0.1) is 0 Å². The molecule has 6 heteroatoms. The minimum Gasteiger partial charge on any atom is -0.395 e. The molecule has 1 rings (SSSR count). The van der Waals surface area contributed by atoms with Crippen molar-refractivity contribution in [3.8, 4) is 0 Å². The molecule has 1 atom stereocenters. The second-order valence-electron chi connectivity index (χ2n) is 4.27. The maximum absolute atomic E-state index is 12.1. The lowest BCUT2D eigenvalue weighted by Crippen LogP contribution is -2.45. The number of rotatable bonds is 6. The normalized spacial score (nSPS) is 23.1. The Kier molecular flexibility index (Phi) is 5.17. The summed E-state index contributed by atoms with van der Waals surface area (Å²) in [6.45, 7) is 3.03. The van der Waals surface area contributed by atoms with Crippen LogP contribution >= 0.6 is 0 Å². The first-order valence-electron chi connectivity index (χ1n) is 5.88. The number of hydrogen-bond acceptors (Lipinski definition) is 3. The van der Waals surface area contributed by atoms with E-state index in [1.165, 1.54) is 8.61 Å². The van der Waals surface area contributed by atoms with Crippen LogP contribution in [0.3, 0.4) is 0 Å². The van der Waals surface area contributed by atoms with Crippen LogP contribution in [0.5, 0.6) is 0 Å². The summed E-state index contributed by atoms with van der Waals surface area (Å²) >= 11 is 0. The molecule has 1 N–H and O–H groups in total. The van der Waals surface area contributed by atoms with Crippen LogP contribution < -0.4 is 0 Å². The first kappa shape index (κ1) is 13.9. The highest BCUT2D eigenvalue weighted by molar-refractivity contribution is 7.86. The molecular formula is C10H22N2O3S. The first-order valence-corrected chi connectivity index (χ1v) is 7.27. The van der Waals surface area contributed by atoms with Crippen molar-refractivity contribution in [3.05, 3.63) is 0 Å². The molecule has 0 radical (unpaired) electrons. The topological polar surface area (TPSA) is 60.9 Å². The molecule has 1 aliphatic rings. The van der Waals surface area contributed by atoms with Crippen molar-refractivity contribution in [1.29, 1.82) is 0 Å². The second kappa shape index (κ2) is 5.95. The van der Waals surface area contributed by atoms with Crippen LogP contribution in [0.25, 0.3) is 0 Å². The molecule has 0 aromatic heterocycles. The molecule has 0 spiro atoms. The van der Waals surface area contributed by atoms with Gasteiger partial charge in [-0.1, -0.05) is 13.3 Å². The van der Waals surface area contributed by atoms with Gasteiger partial charge in [0.25, 0.3) is 10.2 Å². The van der Waals surface area contributed by atoms with E-state index in [1.807, 2.05) is 6.92 Å². The molecule has 5 nitrogen and oxygen atoms in total. The van der Waals surface area contributed by atoms with E-state index in [0.29, 0.717) is 13.1 Å². The summed E-state index contributed by atoms with van der Waals surface area (Å²) in [5.74, 6) is 0. The van der Waals surface area contributed by atoms with E-state index < -0.39 is 10.2 Å². The molecule has 0 saturated carbocycles. The summed E-state index contributed by atoms with van der Waals surface area (Å²) in [7, 11) is -1.76. The summed E-state index contributed by atoms with van der Waals surface area (Å²) in [6, 6.07) is -0.228. The highest BCUT2D eigenvalue weighted by Gasteiger charge is 2.35. The Hall–Kier alpha value is -0.170. The molecule has 1 unspecified atom stereocenters. The van der Waals surface area contributed by atoms with Crippen molar-refractivity contribution in [3.63, 3.8) is 0 Å². The van der Waals surface area contributed by atoms with Crippen LogP contribution in [-0.4, -0.2) is 54.9 Å². The largest absolute Gasteiger partial charge is 0.395 e. The van der Waals surface area contributed by atoms with Gasteiger partial charge in [0.15, 0.2) is 0 Å². The van der Waals surface area contributed by atoms with Crippen LogP contribution in [0.1, 0.15) is 32.6 Å². The van der Waals surface area contributed by atoms with Gasteiger partial charge < -0.3 is 5.11 Å². The third-order valence-corrected chi connectivity index (χ3v) is 5.09. The lowest BCUT2D eigenvalue weighted by atomic mass is 10.2. The quantitative estimate of drug-likeness (QED) is 0.743. The van der Waals surface area contributed by atoms with E-state index in [4.69, 9.17) is 5.11 Å². The minimum atomic E-state index is -3.37. The molecule has 0 aliphatic carbocycles. The van der Waals surface area contributed by atoms with Gasteiger partial charge in [0.1, 0.15) is 0 Å². The third kappa shape index (κ3) is 2.94. The first-order chi connectivity index (χ1) is 7.54. The predicted molar refractivity (Wildman–Crippen MR) is 63.3 cm³/mol. The van der Waals surface area contributed by atoms with Crippen molar-refractivity contribution < 1.29 is 13.5 Å². The Morgan fingerprint density at radius 1 is 1.50 bits per heavy atom. The number of unbranched alkanes of at least 4 members (excludes halogenated alkanes) is 1. The Morgan fingerprint density at radius 3 is 2.75 bits per heavy atom. The maximum atomic E-state index is 12.1. The fourth-order valence-corrected chi connectivity index (χ4v) is 3.60. The molecule has 0 bridgehead atoms. The number of aliphatic hydroxyl groups excluding tert-OH is 1. The molecule has 0 aromatic rings. The summed E-state index contributed by atoms with van der Waals surface area (Å²) in [5, 5.41) is 9.13. The van der Waals surface area contributed by atoms with Gasteiger partial charge >= 0.3 is 0 Å². The van der Waals surface area contributed by atoms with Crippen molar-refractivity contribution in [1.82, 2.24) is 8.61 Å². The van der Waals surface area contributed by atoms with Gasteiger partial charge in [-0.2, -0.15) is 17.0 Å². The van der Waals surface area contributed by atoms with Gasteiger partial charge in [0.2, 0.25) is 0 Å². The zero-order valence-electron chi connectivity index (χ0n) is 10.1. The Morgan fingerprint density at radius 2 is 2.19 bits per heavy atom. The molecule has 96 valence electrons. The molecular weight excluding hydrogens is 228 g/mol. The average molecular weight is 250 g/mol. The van der Waals surface area contributed by atoms with Gasteiger partial charge in [0.05, 0.1) is 6.61 Å². The summed E-state index contributed by atoms with van der Waals surface area (Å²) in [5.41, 5.74) is 0. The molecule has 16 heavy (non-hydrogen) atoms. The van der Waals surface area contributed by atoms with Crippen molar-refractivity contribution in [2.45, 2.75) is 38.6 Å². The Bertz CT molecular complexity index is 305. The summed E-state index contributed by atoms with van der Waals surface area (Å²) in [4.78, 5) is 0. The molecule has 0 amide bonds. The van der Waals surface area contributed by atoms with E-state index >= 15 is 0 Å². The molecule has 1 aliphatic heterocycles. The lowest BCUT2D eigenvalue weighted by molar-refractivity contribution is 0.207. The van der Waals surface area contributed by atoms with E-state index in [1.54, 1.807) is 7.05 Å². The van der Waals surface area contributed by atoms with Gasteiger partial charge in [-0.25, -0.2) is 0 Å². The highest BCUT2D eigenvalue weighted by atomic mass is 32.2. The summed E-state index contributed by atoms with van der Waals surface area (Å²) in [6.07, 6.45) is 3.44. The lowest BCUT2D eigenvalue weighted by Gasteiger charge is -2.27. The highest BCUT2D eigenvalue weighted by Crippen LogP contribution is 2.22. The van der Waals surface area contributed by atoms with E-state index in [2.05, 4.69) is 0 Å². The molecule has 1 fully saturated rings. The van der Waals surface area contributed by atoms with Crippen LogP contribution in [0.2, 0.25) is 0 Å². The van der Waals surface area contributed by atoms with Crippen molar-refractivity contribution in [2.75, 3.05) is 26.7 Å². The molecule has 1 saturated heterocycles. The minimum absolute atomic E-state index is 0.0825. The van der Waals surface area contributed by atoms with Gasteiger partial charge in [-0.05, 0) is 19.3 Å².